The largest absolute Gasteiger partial charge is 0.358 e. The van der Waals surface area contributed by atoms with E-state index in [1.165, 1.54) is 5.56 Å². The molecule has 0 bridgehead atoms. The number of nitrogens with zero attached hydrogens (tertiary/aromatic N) is 1. The van der Waals surface area contributed by atoms with Gasteiger partial charge in [0.15, 0.2) is 5.17 Å². The van der Waals surface area contributed by atoms with Crippen LogP contribution in [0.2, 0.25) is 0 Å². The number of aliphatic imine (C=N–C) groups is 1. The lowest BCUT2D eigenvalue weighted by Gasteiger charge is -2.15. The van der Waals surface area contributed by atoms with Crippen molar-refractivity contribution >= 4 is 39.5 Å². The van der Waals surface area contributed by atoms with E-state index in [9.17, 15) is 0 Å². The topological polar surface area (TPSA) is 24.4 Å². The zero-order valence-electron chi connectivity index (χ0n) is 9.19. The van der Waals surface area contributed by atoms with Crippen LogP contribution in [0.5, 0.6) is 0 Å². The van der Waals surface area contributed by atoms with Gasteiger partial charge >= 0.3 is 0 Å². The fourth-order valence-electron chi connectivity index (χ4n) is 1.59. The van der Waals surface area contributed by atoms with Gasteiger partial charge in [0.25, 0.3) is 0 Å². The lowest BCUT2D eigenvalue weighted by atomic mass is 10.1. The third-order valence-corrected chi connectivity index (χ3v) is 5.31. The Morgan fingerprint density at radius 3 is 2.88 bits per heavy atom. The maximum absolute atomic E-state index is 4.52. The Labute approximate surface area is 114 Å². The zero-order chi connectivity index (χ0) is 11.4. The third kappa shape index (κ3) is 3.13. The molecule has 2 rings (SSSR count). The number of benzene rings is 1. The van der Waals surface area contributed by atoms with Gasteiger partial charge in [-0.3, -0.25) is 4.99 Å². The van der Waals surface area contributed by atoms with Crippen LogP contribution in [0.15, 0.2) is 35.3 Å². The van der Waals surface area contributed by atoms with Crippen molar-refractivity contribution in [2.45, 2.75) is 18.2 Å². The molecule has 1 heterocycles. The minimum atomic E-state index is 0.334. The molecule has 1 aromatic carbocycles. The summed E-state index contributed by atoms with van der Waals surface area (Å²) in [6, 6.07) is 10.8. The van der Waals surface area contributed by atoms with Crippen molar-refractivity contribution in [2.75, 3.05) is 11.0 Å². The van der Waals surface area contributed by atoms with Gasteiger partial charge in [-0.15, -0.1) is 0 Å². The monoisotopic (exact) mass is 346 g/mol. The molecule has 1 N–H and O–H groups in total. The minimum Gasteiger partial charge on any atom is -0.358 e. The fourth-order valence-corrected chi connectivity index (χ4v) is 3.33. The molecule has 16 heavy (non-hydrogen) atoms. The van der Waals surface area contributed by atoms with Gasteiger partial charge in [0.05, 0.1) is 12.6 Å². The van der Waals surface area contributed by atoms with Crippen LogP contribution in [0.4, 0.5) is 0 Å². The van der Waals surface area contributed by atoms with E-state index in [0.29, 0.717) is 11.3 Å². The summed E-state index contributed by atoms with van der Waals surface area (Å²) in [6.07, 6.45) is 0. The van der Waals surface area contributed by atoms with Gasteiger partial charge in [-0.2, -0.15) is 0 Å². The number of halogens is 1. The number of nitrogens with one attached hydrogen (secondary N) is 1. The Hall–Kier alpha value is -0.230. The summed E-state index contributed by atoms with van der Waals surface area (Å²) >= 11 is 4.29. The fraction of sp³-hybridized carbons (Fsp3) is 0.417. The normalized spacial score (nSPS) is 21.6. The molecule has 0 fully saturated rings. The average Bonchev–Trinajstić information content (AvgIpc) is 2.78. The van der Waals surface area contributed by atoms with Gasteiger partial charge < -0.3 is 5.32 Å². The van der Waals surface area contributed by atoms with Crippen molar-refractivity contribution in [2.24, 2.45) is 4.99 Å². The van der Waals surface area contributed by atoms with E-state index in [0.717, 1.165) is 16.1 Å². The molecule has 0 aromatic heterocycles. The molecule has 1 aromatic rings. The average molecular weight is 346 g/mol. The molecule has 2 unspecified atom stereocenters. The SMILES string of the molecule is CC(NC1=NCC(CI)S1)c1ccccc1. The van der Waals surface area contributed by atoms with Crippen LogP contribution in [-0.2, 0) is 0 Å². The first-order valence-corrected chi connectivity index (χ1v) is 7.78. The summed E-state index contributed by atoms with van der Waals surface area (Å²) in [7, 11) is 0. The molecule has 2 nitrogen and oxygen atoms in total. The first kappa shape index (κ1) is 12.2. The van der Waals surface area contributed by atoms with Crippen molar-refractivity contribution in [1.29, 1.82) is 0 Å². The Kier molecular flexibility index (Phi) is 4.52. The first-order valence-electron chi connectivity index (χ1n) is 5.38. The van der Waals surface area contributed by atoms with E-state index in [-0.39, 0.29) is 0 Å². The highest BCUT2D eigenvalue weighted by molar-refractivity contribution is 14.1. The van der Waals surface area contributed by atoms with Gasteiger partial charge in [-0.25, -0.2) is 0 Å². The third-order valence-electron chi connectivity index (χ3n) is 2.53. The summed E-state index contributed by atoms with van der Waals surface area (Å²) in [5.41, 5.74) is 1.31. The Morgan fingerprint density at radius 2 is 2.25 bits per heavy atom. The highest BCUT2D eigenvalue weighted by Crippen LogP contribution is 2.23. The number of hydrogen-bond donors (Lipinski definition) is 1. The minimum absolute atomic E-state index is 0.334. The second-order valence-electron chi connectivity index (χ2n) is 3.82. The summed E-state index contributed by atoms with van der Waals surface area (Å²) in [5.74, 6) is 0. The Balaban J connectivity index is 1.91. The van der Waals surface area contributed by atoms with Crippen LogP contribution in [0, 0.1) is 0 Å². The molecule has 86 valence electrons. The van der Waals surface area contributed by atoms with Crippen LogP contribution < -0.4 is 5.32 Å². The highest BCUT2D eigenvalue weighted by atomic mass is 127. The summed E-state index contributed by atoms with van der Waals surface area (Å²) in [4.78, 5) is 4.52. The van der Waals surface area contributed by atoms with Gasteiger partial charge in [-0.05, 0) is 12.5 Å². The number of amidine groups is 1. The summed E-state index contributed by atoms with van der Waals surface area (Å²) in [6.45, 7) is 3.13. The van der Waals surface area contributed by atoms with Crippen LogP contribution in [0.25, 0.3) is 0 Å². The van der Waals surface area contributed by atoms with Crippen LogP contribution in [0.1, 0.15) is 18.5 Å². The standard InChI is InChI=1S/C12H15IN2S/c1-9(10-5-3-2-4-6-10)15-12-14-8-11(7-13)16-12/h2-6,9,11H,7-8H2,1H3,(H,14,15). The predicted molar refractivity (Wildman–Crippen MR) is 80.6 cm³/mol. The zero-order valence-corrected chi connectivity index (χ0v) is 12.2. The molecular weight excluding hydrogens is 331 g/mol. The van der Waals surface area contributed by atoms with Gasteiger partial charge in [0, 0.05) is 9.68 Å². The van der Waals surface area contributed by atoms with Gasteiger partial charge in [0.1, 0.15) is 0 Å². The van der Waals surface area contributed by atoms with Crippen molar-refractivity contribution in [3.05, 3.63) is 35.9 Å². The van der Waals surface area contributed by atoms with Crippen LogP contribution in [-0.4, -0.2) is 21.4 Å². The second-order valence-corrected chi connectivity index (χ2v) is 5.99. The Bertz CT molecular complexity index is 367. The van der Waals surface area contributed by atoms with Crippen molar-refractivity contribution in [3.8, 4) is 0 Å². The molecule has 4 heteroatoms. The number of alkyl halides is 1. The molecule has 1 aliphatic rings. The number of rotatable bonds is 3. The molecule has 0 spiro atoms. The van der Waals surface area contributed by atoms with Crippen molar-refractivity contribution in [3.63, 3.8) is 0 Å². The van der Waals surface area contributed by atoms with Crippen LogP contribution in [0.3, 0.4) is 0 Å². The first-order chi connectivity index (χ1) is 7.79. The van der Waals surface area contributed by atoms with Crippen LogP contribution >= 0.6 is 34.4 Å². The summed E-state index contributed by atoms with van der Waals surface area (Å²) < 4.78 is 1.16. The van der Waals surface area contributed by atoms with E-state index < -0.39 is 0 Å². The molecule has 0 aliphatic carbocycles. The molecule has 0 saturated carbocycles. The van der Waals surface area contributed by atoms with Crippen molar-refractivity contribution < 1.29 is 0 Å². The highest BCUT2D eigenvalue weighted by Gasteiger charge is 2.19. The summed E-state index contributed by atoms with van der Waals surface area (Å²) in [5, 5.41) is 5.22. The lowest BCUT2D eigenvalue weighted by Crippen LogP contribution is -2.23. The predicted octanol–water partition coefficient (Wildman–Crippen LogP) is 3.24. The van der Waals surface area contributed by atoms with E-state index in [1.54, 1.807) is 0 Å². The quantitative estimate of drug-likeness (QED) is 0.671. The van der Waals surface area contributed by atoms with E-state index >= 15 is 0 Å². The number of hydrogen-bond acceptors (Lipinski definition) is 3. The molecule has 0 radical (unpaired) electrons. The van der Waals surface area contributed by atoms with Gasteiger partial charge in [-0.1, -0.05) is 64.7 Å². The van der Waals surface area contributed by atoms with E-state index in [2.05, 4.69) is 64.1 Å². The van der Waals surface area contributed by atoms with E-state index in [1.807, 2.05) is 17.8 Å². The lowest BCUT2D eigenvalue weighted by molar-refractivity contribution is 0.723. The number of thioether (sulfide) groups is 1. The molecular formula is C12H15IN2S. The Morgan fingerprint density at radius 1 is 1.50 bits per heavy atom. The maximum atomic E-state index is 4.52. The molecule has 0 saturated heterocycles. The second kappa shape index (κ2) is 5.91. The smallest absolute Gasteiger partial charge is 0.157 e. The van der Waals surface area contributed by atoms with Gasteiger partial charge in [0.2, 0.25) is 0 Å². The van der Waals surface area contributed by atoms with Crippen molar-refractivity contribution in [1.82, 2.24) is 5.32 Å². The molecule has 2 atom stereocenters. The van der Waals surface area contributed by atoms with E-state index in [4.69, 9.17) is 0 Å². The maximum Gasteiger partial charge on any atom is 0.157 e. The molecule has 0 amide bonds. The molecule has 1 aliphatic heterocycles.